The van der Waals surface area contributed by atoms with Gasteiger partial charge >= 0.3 is 12.0 Å². The maximum atomic E-state index is 11.5. The highest BCUT2D eigenvalue weighted by molar-refractivity contribution is 9.10. The van der Waals surface area contributed by atoms with Crippen LogP contribution in [0.15, 0.2) is 22.7 Å². The summed E-state index contributed by atoms with van der Waals surface area (Å²) >= 11 is 9.09. The van der Waals surface area contributed by atoms with Gasteiger partial charge < -0.3 is 15.7 Å². The quantitative estimate of drug-likeness (QED) is 0.724. The largest absolute Gasteiger partial charge is 0.481 e. The highest BCUT2D eigenvalue weighted by Gasteiger charge is 2.03. The van der Waals surface area contributed by atoms with Crippen LogP contribution in [0.3, 0.4) is 0 Å². The fraction of sp³-hybridized carbons (Fsp3) is 0.273. The number of aliphatic carboxylic acids is 1. The summed E-state index contributed by atoms with van der Waals surface area (Å²) in [6, 6.07) is 4.64. The third kappa shape index (κ3) is 5.88. The zero-order valence-electron chi connectivity index (χ0n) is 9.37. The van der Waals surface area contributed by atoms with Gasteiger partial charge in [-0.05, 0) is 24.6 Å². The minimum absolute atomic E-state index is 0.0307. The number of carboxylic acid groups (broad SMARTS) is 1. The molecule has 0 heterocycles. The van der Waals surface area contributed by atoms with Crippen LogP contribution in [0.4, 0.5) is 10.5 Å². The molecule has 0 bridgehead atoms. The van der Waals surface area contributed by atoms with E-state index < -0.39 is 12.0 Å². The molecule has 1 aromatic carbocycles. The highest BCUT2D eigenvalue weighted by atomic mass is 79.9. The molecule has 0 fully saturated rings. The van der Waals surface area contributed by atoms with E-state index in [1.165, 1.54) is 0 Å². The van der Waals surface area contributed by atoms with E-state index in [-0.39, 0.29) is 6.42 Å². The molecule has 0 aliphatic rings. The number of benzene rings is 1. The van der Waals surface area contributed by atoms with E-state index in [4.69, 9.17) is 16.7 Å². The molecule has 0 aromatic heterocycles. The van der Waals surface area contributed by atoms with Crippen molar-refractivity contribution in [1.29, 1.82) is 0 Å². The Balaban J connectivity index is 2.37. The summed E-state index contributed by atoms with van der Waals surface area (Å²) in [5.74, 6) is -0.879. The molecule has 0 unspecified atom stereocenters. The van der Waals surface area contributed by atoms with Gasteiger partial charge in [0.15, 0.2) is 0 Å². The van der Waals surface area contributed by atoms with Gasteiger partial charge in [0.05, 0.1) is 0 Å². The van der Waals surface area contributed by atoms with Crippen molar-refractivity contribution in [2.24, 2.45) is 0 Å². The first-order chi connectivity index (χ1) is 8.47. The molecular formula is C11H12BrClN2O3. The molecule has 0 atom stereocenters. The van der Waals surface area contributed by atoms with E-state index in [2.05, 4.69) is 26.6 Å². The number of carboxylic acids is 1. The highest BCUT2D eigenvalue weighted by Crippen LogP contribution is 2.22. The van der Waals surface area contributed by atoms with Gasteiger partial charge in [0.25, 0.3) is 0 Å². The topological polar surface area (TPSA) is 78.4 Å². The lowest BCUT2D eigenvalue weighted by Gasteiger charge is -2.07. The normalized spacial score (nSPS) is 9.89. The van der Waals surface area contributed by atoms with E-state index in [0.29, 0.717) is 23.7 Å². The Morgan fingerprint density at radius 3 is 2.67 bits per heavy atom. The van der Waals surface area contributed by atoms with Crippen LogP contribution >= 0.6 is 27.5 Å². The lowest BCUT2D eigenvalue weighted by atomic mass is 10.3. The molecule has 98 valence electrons. The van der Waals surface area contributed by atoms with Gasteiger partial charge in [0.1, 0.15) is 0 Å². The zero-order chi connectivity index (χ0) is 13.5. The molecule has 0 radical (unpaired) electrons. The Bertz CT molecular complexity index is 434. The summed E-state index contributed by atoms with van der Waals surface area (Å²) < 4.78 is 0.760. The van der Waals surface area contributed by atoms with Crippen molar-refractivity contribution in [2.75, 3.05) is 11.9 Å². The lowest BCUT2D eigenvalue weighted by molar-refractivity contribution is -0.137. The average Bonchev–Trinajstić information content (AvgIpc) is 2.22. The van der Waals surface area contributed by atoms with E-state index in [1.54, 1.807) is 18.2 Å². The van der Waals surface area contributed by atoms with E-state index in [0.717, 1.165) is 4.47 Å². The van der Waals surface area contributed by atoms with Gasteiger partial charge in [-0.25, -0.2) is 4.79 Å². The van der Waals surface area contributed by atoms with Gasteiger partial charge in [-0.3, -0.25) is 4.79 Å². The van der Waals surface area contributed by atoms with Crippen molar-refractivity contribution in [3.05, 3.63) is 27.7 Å². The smallest absolute Gasteiger partial charge is 0.319 e. The number of carbonyl (C=O) groups excluding carboxylic acids is 1. The number of carbonyl (C=O) groups is 2. The Labute approximate surface area is 118 Å². The number of halogens is 2. The summed E-state index contributed by atoms with van der Waals surface area (Å²) in [5, 5.41) is 14.1. The molecule has 7 heteroatoms. The first kappa shape index (κ1) is 14.8. The van der Waals surface area contributed by atoms with Crippen LogP contribution in [0, 0.1) is 0 Å². The second-order valence-corrected chi connectivity index (χ2v) is 4.89. The number of urea groups is 1. The fourth-order valence-electron chi connectivity index (χ4n) is 1.24. The van der Waals surface area contributed by atoms with Gasteiger partial charge in [0, 0.05) is 28.1 Å². The standard InChI is InChI=1S/C11H12BrClN2O3/c12-7-4-8(13)6-9(5-7)15-11(18)14-3-1-2-10(16)17/h4-6H,1-3H2,(H,16,17)(H2,14,15,18). The molecule has 0 aliphatic heterocycles. The maximum absolute atomic E-state index is 11.5. The molecule has 1 rings (SSSR count). The molecule has 2 amide bonds. The van der Waals surface area contributed by atoms with Crippen LogP contribution in [0.1, 0.15) is 12.8 Å². The monoisotopic (exact) mass is 334 g/mol. The Morgan fingerprint density at radius 1 is 1.33 bits per heavy atom. The summed E-state index contributed by atoms with van der Waals surface area (Å²) in [4.78, 5) is 21.7. The Morgan fingerprint density at radius 2 is 2.06 bits per heavy atom. The second-order valence-electron chi connectivity index (χ2n) is 3.54. The number of anilines is 1. The molecule has 0 saturated carbocycles. The molecule has 1 aromatic rings. The van der Waals surface area contributed by atoms with Gasteiger partial charge in [-0.15, -0.1) is 0 Å². The average molecular weight is 336 g/mol. The van der Waals surface area contributed by atoms with Gasteiger partial charge in [-0.2, -0.15) is 0 Å². The second kappa shape index (κ2) is 7.23. The van der Waals surface area contributed by atoms with Crippen LogP contribution in [0.25, 0.3) is 0 Å². The predicted molar refractivity (Wildman–Crippen MR) is 73.0 cm³/mol. The third-order valence-corrected chi connectivity index (χ3v) is 2.65. The molecule has 0 aliphatic carbocycles. The Hall–Kier alpha value is -1.27. The van der Waals surface area contributed by atoms with Crippen molar-refractivity contribution in [1.82, 2.24) is 5.32 Å². The zero-order valence-corrected chi connectivity index (χ0v) is 11.7. The molecule has 0 saturated heterocycles. The first-order valence-corrected chi connectivity index (χ1v) is 6.37. The number of rotatable bonds is 5. The van der Waals surface area contributed by atoms with Gasteiger partial charge in [-0.1, -0.05) is 27.5 Å². The van der Waals surface area contributed by atoms with Gasteiger partial charge in [0.2, 0.25) is 0 Å². The number of hydrogen-bond acceptors (Lipinski definition) is 2. The number of amides is 2. The first-order valence-electron chi connectivity index (χ1n) is 5.20. The van der Waals surface area contributed by atoms with Crippen molar-refractivity contribution >= 4 is 45.2 Å². The van der Waals surface area contributed by atoms with Crippen molar-refractivity contribution in [3.63, 3.8) is 0 Å². The van der Waals surface area contributed by atoms with E-state index in [1.807, 2.05) is 0 Å². The molecule has 18 heavy (non-hydrogen) atoms. The van der Waals surface area contributed by atoms with Crippen LogP contribution in [0.5, 0.6) is 0 Å². The summed E-state index contributed by atoms with van der Waals surface area (Å²) in [6.45, 7) is 0.305. The summed E-state index contributed by atoms with van der Waals surface area (Å²) in [6.07, 6.45) is 0.422. The molecule has 0 spiro atoms. The third-order valence-electron chi connectivity index (χ3n) is 1.97. The number of nitrogens with one attached hydrogen (secondary N) is 2. The molecule has 5 nitrogen and oxygen atoms in total. The summed E-state index contributed by atoms with van der Waals surface area (Å²) in [5.41, 5.74) is 0.560. The van der Waals surface area contributed by atoms with Crippen LogP contribution in [-0.4, -0.2) is 23.7 Å². The van der Waals surface area contributed by atoms with E-state index in [9.17, 15) is 9.59 Å². The Kier molecular flexibility index (Phi) is 5.94. The summed E-state index contributed by atoms with van der Waals surface area (Å²) in [7, 11) is 0. The lowest BCUT2D eigenvalue weighted by Crippen LogP contribution is -2.29. The maximum Gasteiger partial charge on any atom is 0.319 e. The van der Waals surface area contributed by atoms with Crippen LogP contribution in [0.2, 0.25) is 5.02 Å². The van der Waals surface area contributed by atoms with E-state index >= 15 is 0 Å². The number of hydrogen-bond donors (Lipinski definition) is 3. The predicted octanol–water partition coefficient (Wildman–Crippen LogP) is 3.09. The van der Waals surface area contributed by atoms with Crippen molar-refractivity contribution < 1.29 is 14.7 Å². The molecular weight excluding hydrogens is 323 g/mol. The minimum atomic E-state index is -0.879. The van der Waals surface area contributed by atoms with Crippen LogP contribution in [-0.2, 0) is 4.79 Å². The molecule has 3 N–H and O–H groups in total. The fourth-order valence-corrected chi connectivity index (χ4v) is 2.10. The SMILES string of the molecule is O=C(O)CCCNC(=O)Nc1cc(Cl)cc(Br)c1. The van der Waals surface area contributed by atoms with Crippen molar-refractivity contribution in [2.45, 2.75) is 12.8 Å². The van der Waals surface area contributed by atoms with Crippen molar-refractivity contribution in [3.8, 4) is 0 Å². The van der Waals surface area contributed by atoms with Crippen LogP contribution < -0.4 is 10.6 Å². The minimum Gasteiger partial charge on any atom is -0.481 e.